The van der Waals surface area contributed by atoms with Gasteiger partial charge in [-0.05, 0) is 42.7 Å². The number of hydrogen-bond donors (Lipinski definition) is 0. The van der Waals surface area contributed by atoms with Crippen molar-refractivity contribution in [3.8, 4) is 11.8 Å². The van der Waals surface area contributed by atoms with Crippen LogP contribution in [0.25, 0.3) is 0 Å². The normalized spacial score (nSPS) is 19.2. The Kier molecular flexibility index (Phi) is 8.04. The molecule has 3 heterocycles. The molecule has 2 aromatic rings. The van der Waals surface area contributed by atoms with Crippen molar-refractivity contribution >= 4 is 5.91 Å². The van der Waals surface area contributed by atoms with Crippen LogP contribution in [0.2, 0.25) is 0 Å². The molecule has 5 rings (SSSR count). The second-order valence-corrected chi connectivity index (χ2v) is 10.2. The van der Waals surface area contributed by atoms with Gasteiger partial charge in [0.05, 0.1) is 17.2 Å². The predicted molar refractivity (Wildman–Crippen MR) is 140 cm³/mol. The van der Waals surface area contributed by atoms with Crippen LogP contribution in [0.15, 0.2) is 66.4 Å². The molecule has 2 saturated heterocycles. The van der Waals surface area contributed by atoms with Gasteiger partial charge in [-0.25, -0.2) is 8.78 Å². The number of likely N-dealkylation sites (tertiary alicyclic amines) is 2. The molecule has 0 spiro atoms. The first kappa shape index (κ1) is 25.9. The summed E-state index contributed by atoms with van der Waals surface area (Å²) in [6, 6.07) is 13.9. The van der Waals surface area contributed by atoms with E-state index in [1.807, 2.05) is 41.4 Å². The van der Waals surface area contributed by atoms with Crippen molar-refractivity contribution in [2.45, 2.75) is 44.4 Å². The van der Waals surface area contributed by atoms with E-state index in [1.54, 1.807) is 0 Å². The highest BCUT2D eigenvalue weighted by Crippen LogP contribution is 2.25. The van der Waals surface area contributed by atoms with Crippen molar-refractivity contribution in [3.63, 3.8) is 0 Å². The molecule has 6 nitrogen and oxygen atoms in total. The van der Waals surface area contributed by atoms with Gasteiger partial charge in [-0.1, -0.05) is 24.3 Å². The summed E-state index contributed by atoms with van der Waals surface area (Å²) in [7, 11) is 0. The zero-order valence-corrected chi connectivity index (χ0v) is 21.4. The second kappa shape index (κ2) is 11.8. The fourth-order valence-corrected chi connectivity index (χ4v) is 5.41. The molecular formula is C30H32F2N4O2. The number of hydrogen-bond acceptors (Lipinski definition) is 5. The van der Waals surface area contributed by atoms with Crippen LogP contribution in [-0.2, 0) is 11.3 Å². The van der Waals surface area contributed by atoms with Crippen LogP contribution in [-0.4, -0.2) is 65.5 Å². The van der Waals surface area contributed by atoms with Gasteiger partial charge in [0.15, 0.2) is 11.6 Å². The molecule has 0 unspecified atom stereocenters. The number of nitrogens with zero attached hydrogens (tertiary/aromatic N) is 4. The number of rotatable bonds is 6. The van der Waals surface area contributed by atoms with Crippen LogP contribution in [0.5, 0.6) is 5.75 Å². The standard InChI is InChI=1S/C30H32F2N4O2/c31-28-8-7-27(18-29(28)32)38-26-11-16-35(17-12-26)30(37)24-2-1-13-36(21-24)25-9-14-34(15-10-25)20-23-5-3-22(19-33)4-6-23/h1-8,18,21,25-26H,9-17,20H2. The van der Waals surface area contributed by atoms with Gasteiger partial charge in [0.2, 0.25) is 0 Å². The Morgan fingerprint density at radius 2 is 1.71 bits per heavy atom. The largest absolute Gasteiger partial charge is 0.490 e. The zero-order valence-electron chi connectivity index (χ0n) is 21.4. The smallest absolute Gasteiger partial charge is 0.255 e. The number of carbonyl (C=O) groups excluding carboxylic acids is 1. The van der Waals surface area contributed by atoms with Crippen molar-refractivity contribution < 1.29 is 18.3 Å². The minimum absolute atomic E-state index is 0.0236. The maximum Gasteiger partial charge on any atom is 0.255 e. The van der Waals surface area contributed by atoms with Gasteiger partial charge in [0, 0.05) is 70.4 Å². The summed E-state index contributed by atoms with van der Waals surface area (Å²) in [5, 5.41) is 8.98. The van der Waals surface area contributed by atoms with Crippen LogP contribution in [0.4, 0.5) is 8.78 Å². The average molecular weight is 519 g/mol. The lowest BCUT2D eigenvalue weighted by Crippen LogP contribution is -2.45. The molecule has 8 heteroatoms. The first-order valence-electron chi connectivity index (χ1n) is 13.2. The quantitative estimate of drug-likeness (QED) is 0.558. The molecule has 2 fully saturated rings. The highest BCUT2D eigenvalue weighted by Gasteiger charge is 2.28. The molecule has 1 amide bonds. The van der Waals surface area contributed by atoms with E-state index >= 15 is 0 Å². The Morgan fingerprint density at radius 1 is 0.974 bits per heavy atom. The number of benzene rings is 2. The number of carbonyl (C=O) groups is 1. The third-order valence-corrected chi connectivity index (χ3v) is 7.60. The Morgan fingerprint density at radius 3 is 2.39 bits per heavy atom. The Balaban J connectivity index is 1.10. The highest BCUT2D eigenvalue weighted by atomic mass is 19.2. The predicted octanol–water partition coefficient (Wildman–Crippen LogP) is 4.63. The average Bonchev–Trinajstić information content (AvgIpc) is 2.96. The molecule has 38 heavy (non-hydrogen) atoms. The van der Waals surface area contributed by atoms with Crippen LogP contribution in [0, 0.1) is 23.0 Å². The van der Waals surface area contributed by atoms with Gasteiger partial charge in [-0.15, -0.1) is 0 Å². The minimum Gasteiger partial charge on any atom is -0.490 e. The summed E-state index contributed by atoms with van der Waals surface area (Å²) in [4.78, 5) is 19.8. The van der Waals surface area contributed by atoms with E-state index in [9.17, 15) is 13.6 Å². The molecular weight excluding hydrogens is 486 g/mol. The summed E-state index contributed by atoms with van der Waals surface area (Å²) in [6.07, 6.45) is 9.23. The second-order valence-electron chi connectivity index (χ2n) is 10.2. The lowest BCUT2D eigenvalue weighted by atomic mass is 10.0. The van der Waals surface area contributed by atoms with Crippen LogP contribution >= 0.6 is 0 Å². The van der Waals surface area contributed by atoms with E-state index in [-0.39, 0.29) is 12.0 Å². The summed E-state index contributed by atoms with van der Waals surface area (Å²) >= 11 is 0. The fraction of sp³-hybridized carbons (Fsp3) is 0.400. The third kappa shape index (κ3) is 6.22. The first-order chi connectivity index (χ1) is 18.5. The number of ether oxygens (including phenoxy) is 1. The summed E-state index contributed by atoms with van der Waals surface area (Å²) < 4.78 is 32.4. The van der Waals surface area contributed by atoms with Crippen molar-refractivity contribution in [2.24, 2.45) is 0 Å². The van der Waals surface area contributed by atoms with Gasteiger partial charge in [-0.3, -0.25) is 9.69 Å². The lowest BCUT2D eigenvalue weighted by molar-refractivity contribution is -0.128. The number of halogens is 2. The van der Waals surface area contributed by atoms with Crippen molar-refractivity contribution in [1.29, 1.82) is 5.26 Å². The highest BCUT2D eigenvalue weighted by molar-refractivity contribution is 5.96. The molecule has 2 aromatic carbocycles. The first-order valence-corrected chi connectivity index (χ1v) is 13.2. The maximum atomic E-state index is 13.5. The Bertz CT molecular complexity index is 1240. The minimum atomic E-state index is -0.923. The molecule has 198 valence electrons. The molecule has 3 aliphatic rings. The van der Waals surface area contributed by atoms with E-state index in [4.69, 9.17) is 10.00 Å². The van der Waals surface area contributed by atoms with Crippen LogP contribution in [0.3, 0.4) is 0 Å². The maximum absolute atomic E-state index is 13.5. The molecule has 0 bridgehead atoms. The molecule has 0 aromatic heterocycles. The monoisotopic (exact) mass is 518 g/mol. The zero-order chi connectivity index (χ0) is 26.5. The van der Waals surface area contributed by atoms with Crippen molar-refractivity contribution in [1.82, 2.24) is 14.7 Å². The van der Waals surface area contributed by atoms with Gasteiger partial charge >= 0.3 is 0 Å². The molecule has 0 atom stereocenters. The SMILES string of the molecule is N#Cc1ccc(CN2CCC(N3C=C(C(=O)N4CCC(Oc5ccc(F)c(F)c5)CC4)C=CC3)CC2)cc1. The summed E-state index contributed by atoms with van der Waals surface area (Å²) in [5.74, 6) is -1.48. The molecule has 0 saturated carbocycles. The van der Waals surface area contributed by atoms with E-state index in [0.29, 0.717) is 48.9 Å². The van der Waals surface area contributed by atoms with Crippen LogP contribution in [0.1, 0.15) is 36.8 Å². The number of nitriles is 1. The van der Waals surface area contributed by atoms with E-state index in [0.717, 1.165) is 51.2 Å². The van der Waals surface area contributed by atoms with E-state index < -0.39 is 11.6 Å². The van der Waals surface area contributed by atoms with Gasteiger partial charge in [0.25, 0.3) is 5.91 Å². The van der Waals surface area contributed by atoms with E-state index in [2.05, 4.69) is 21.9 Å². The summed E-state index contributed by atoms with van der Waals surface area (Å²) in [6.45, 7) is 4.80. The number of piperidine rings is 2. The molecule has 0 N–H and O–H groups in total. The van der Waals surface area contributed by atoms with Gasteiger partial charge in [0.1, 0.15) is 11.9 Å². The van der Waals surface area contributed by atoms with Gasteiger partial charge < -0.3 is 14.5 Å². The Hall–Kier alpha value is -3.70. The topological polar surface area (TPSA) is 59.8 Å². The van der Waals surface area contributed by atoms with Crippen LogP contribution < -0.4 is 4.74 Å². The lowest BCUT2D eigenvalue weighted by Gasteiger charge is -2.39. The summed E-state index contributed by atoms with van der Waals surface area (Å²) in [5.41, 5.74) is 2.61. The number of amides is 1. The van der Waals surface area contributed by atoms with E-state index in [1.165, 1.54) is 11.6 Å². The molecule has 3 aliphatic heterocycles. The Labute approximate surface area is 222 Å². The van der Waals surface area contributed by atoms with Crippen molar-refractivity contribution in [3.05, 3.63) is 89.2 Å². The van der Waals surface area contributed by atoms with Gasteiger partial charge in [-0.2, -0.15) is 5.26 Å². The third-order valence-electron chi connectivity index (χ3n) is 7.60. The fourth-order valence-electron chi connectivity index (χ4n) is 5.41. The van der Waals surface area contributed by atoms with Crippen molar-refractivity contribution in [2.75, 3.05) is 32.7 Å². The molecule has 0 radical (unpaired) electrons. The molecule has 0 aliphatic carbocycles.